The molecular formula is C23H36N2O2. The molecule has 0 bridgehead atoms. The second-order valence-electron chi connectivity index (χ2n) is 9.79. The lowest BCUT2D eigenvalue weighted by molar-refractivity contribution is -0.132. The third kappa shape index (κ3) is 3.18. The highest BCUT2D eigenvalue weighted by molar-refractivity contribution is 5.96. The number of allylic oxidation sites excluding steroid dienone is 2. The minimum Gasteiger partial charge on any atom is -0.396 e. The number of carbonyl (C=O) groups is 1. The van der Waals surface area contributed by atoms with E-state index in [9.17, 15) is 4.79 Å². The maximum atomic E-state index is 12.5. The van der Waals surface area contributed by atoms with Crippen LogP contribution in [0.2, 0.25) is 0 Å². The minimum absolute atomic E-state index is 0.0127. The van der Waals surface area contributed by atoms with Crippen molar-refractivity contribution in [2.24, 2.45) is 33.7 Å². The van der Waals surface area contributed by atoms with Crippen LogP contribution in [0.15, 0.2) is 16.8 Å². The van der Waals surface area contributed by atoms with Gasteiger partial charge in [-0.05, 0) is 94.2 Å². The molecule has 4 aliphatic carbocycles. The van der Waals surface area contributed by atoms with Crippen molar-refractivity contribution >= 4 is 11.5 Å². The first kappa shape index (κ1) is 19.2. The number of hydrogen-bond acceptors (Lipinski definition) is 4. The summed E-state index contributed by atoms with van der Waals surface area (Å²) < 4.78 is 0. The molecule has 3 saturated carbocycles. The van der Waals surface area contributed by atoms with Crippen molar-refractivity contribution in [2.45, 2.75) is 71.6 Å². The van der Waals surface area contributed by atoms with Crippen molar-refractivity contribution in [1.82, 2.24) is 5.32 Å². The topological polar surface area (TPSA) is 50.7 Å². The fourth-order valence-corrected chi connectivity index (χ4v) is 6.86. The number of nitrogens with one attached hydrogen (secondary N) is 1. The molecule has 4 aliphatic rings. The summed E-state index contributed by atoms with van der Waals surface area (Å²) in [5.74, 6) is 2.67. The van der Waals surface area contributed by atoms with E-state index in [4.69, 9.17) is 4.84 Å². The Balaban J connectivity index is 1.48. The standard InChI is InChI=1S/C23H36N2O2/c1-22-11-9-17(25-27-14-4-13-24-3)15-16(22)5-6-18-19-7-8-21(26)23(19,2)12-10-20(18)22/h15,18-20,24H,4-14H2,1-3H3/b25-17+. The summed E-state index contributed by atoms with van der Waals surface area (Å²) in [6.45, 7) is 6.42. The summed E-state index contributed by atoms with van der Waals surface area (Å²) in [6, 6.07) is 0. The first-order valence-electron chi connectivity index (χ1n) is 11.1. The van der Waals surface area contributed by atoms with Gasteiger partial charge in [-0.3, -0.25) is 4.79 Å². The van der Waals surface area contributed by atoms with Gasteiger partial charge < -0.3 is 10.2 Å². The van der Waals surface area contributed by atoms with E-state index < -0.39 is 0 Å². The number of hydrogen-bond donors (Lipinski definition) is 1. The lowest BCUT2D eigenvalue weighted by atomic mass is 9.47. The van der Waals surface area contributed by atoms with Gasteiger partial charge in [0.25, 0.3) is 0 Å². The van der Waals surface area contributed by atoms with Gasteiger partial charge in [0.2, 0.25) is 0 Å². The molecule has 0 aromatic carbocycles. The van der Waals surface area contributed by atoms with Gasteiger partial charge in [0.05, 0.1) is 5.71 Å². The summed E-state index contributed by atoms with van der Waals surface area (Å²) in [4.78, 5) is 18.1. The fraction of sp³-hybridized carbons (Fsp3) is 0.826. The molecule has 0 spiro atoms. The monoisotopic (exact) mass is 372 g/mol. The van der Waals surface area contributed by atoms with Crippen LogP contribution in [-0.4, -0.2) is 31.7 Å². The lowest BCUT2D eigenvalue weighted by Crippen LogP contribution is -2.50. The molecule has 4 nitrogen and oxygen atoms in total. The summed E-state index contributed by atoms with van der Waals surface area (Å²) in [5.41, 5.74) is 3.02. The Morgan fingerprint density at radius 3 is 2.74 bits per heavy atom. The Morgan fingerprint density at radius 2 is 1.93 bits per heavy atom. The first-order chi connectivity index (χ1) is 13.0. The van der Waals surface area contributed by atoms with Crippen LogP contribution in [0.25, 0.3) is 0 Å². The summed E-state index contributed by atoms with van der Waals surface area (Å²) in [5, 5.41) is 7.56. The molecule has 0 aromatic heterocycles. The zero-order valence-corrected chi connectivity index (χ0v) is 17.4. The minimum atomic E-state index is -0.0127. The molecule has 5 atom stereocenters. The van der Waals surface area contributed by atoms with Crippen LogP contribution in [0.1, 0.15) is 71.6 Å². The van der Waals surface area contributed by atoms with Gasteiger partial charge in [0.1, 0.15) is 12.4 Å². The number of rotatable bonds is 5. The highest BCUT2D eigenvalue weighted by atomic mass is 16.6. The lowest BCUT2D eigenvalue weighted by Gasteiger charge is -2.57. The van der Waals surface area contributed by atoms with Gasteiger partial charge in [0.15, 0.2) is 0 Å². The van der Waals surface area contributed by atoms with E-state index in [-0.39, 0.29) is 5.41 Å². The Morgan fingerprint density at radius 1 is 1.11 bits per heavy atom. The van der Waals surface area contributed by atoms with Crippen LogP contribution >= 0.6 is 0 Å². The maximum Gasteiger partial charge on any atom is 0.139 e. The van der Waals surface area contributed by atoms with Gasteiger partial charge in [-0.2, -0.15) is 0 Å². The van der Waals surface area contributed by atoms with E-state index in [0.29, 0.717) is 23.7 Å². The summed E-state index contributed by atoms with van der Waals surface area (Å²) in [7, 11) is 1.96. The first-order valence-corrected chi connectivity index (χ1v) is 11.1. The van der Waals surface area contributed by atoms with E-state index in [1.165, 1.54) is 25.7 Å². The summed E-state index contributed by atoms with van der Waals surface area (Å²) in [6.07, 6.45) is 12.3. The Hall–Kier alpha value is -1.16. The molecule has 1 N–H and O–H groups in total. The molecule has 0 aliphatic heterocycles. The predicted octanol–water partition coefficient (Wildman–Crippen LogP) is 4.50. The van der Waals surface area contributed by atoms with Gasteiger partial charge in [-0.25, -0.2) is 0 Å². The molecule has 150 valence electrons. The molecule has 0 amide bonds. The van der Waals surface area contributed by atoms with Crippen molar-refractivity contribution < 1.29 is 9.63 Å². The molecule has 4 rings (SSSR count). The molecule has 3 fully saturated rings. The largest absolute Gasteiger partial charge is 0.396 e. The van der Waals surface area contributed by atoms with E-state index >= 15 is 0 Å². The second kappa shape index (κ2) is 7.35. The molecule has 5 unspecified atom stereocenters. The SMILES string of the molecule is CNCCCO/N=C1/C=C2CCC3C4CCC(=O)C4(C)CCC3C2(C)CC1. The van der Waals surface area contributed by atoms with Crippen molar-refractivity contribution in [3.63, 3.8) is 0 Å². The third-order valence-corrected chi connectivity index (χ3v) is 8.53. The van der Waals surface area contributed by atoms with Gasteiger partial charge in [-0.1, -0.05) is 24.6 Å². The molecule has 27 heavy (non-hydrogen) atoms. The third-order valence-electron chi connectivity index (χ3n) is 8.53. The van der Waals surface area contributed by atoms with E-state index in [0.717, 1.165) is 56.2 Å². The van der Waals surface area contributed by atoms with Crippen molar-refractivity contribution in [2.75, 3.05) is 20.2 Å². The van der Waals surface area contributed by atoms with E-state index in [2.05, 4.69) is 30.4 Å². The summed E-state index contributed by atoms with van der Waals surface area (Å²) >= 11 is 0. The van der Waals surface area contributed by atoms with Crippen LogP contribution in [0.3, 0.4) is 0 Å². The molecule has 4 heteroatoms. The second-order valence-corrected chi connectivity index (χ2v) is 9.79. The molecule has 0 radical (unpaired) electrons. The van der Waals surface area contributed by atoms with Crippen molar-refractivity contribution in [3.05, 3.63) is 11.6 Å². The molecule has 0 saturated heterocycles. The van der Waals surface area contributed by atoms with Gasteiger partial charge in [-0.15, -0.1) is 0 Å². The fourth-order valence-electron chi connectivity index (χ4n) is 6.86. The molecule has 0 heterocycles. The highest BCUT2D eigenvalue weighted by Crippen LogP contribution is 2.64. The molecule has 0 aromatic rings. The van der Waals surface area contributed by atoms with Crippen LogP contribution in [0.5, 0.6) is 0 Å². The molecular weight excluding hydrogens is 336 g/mol. The number of carbonyl (C=O) groups excluding carboxylic acids is 1. The van der Waals surface area contributed by atoms with E-state index in [1.54, 1.807) is 5.57 Å². The predicted molar refractivity (Wildman–Crippen MR) is 109 cm³/mol. The van der Waals surface area contributed by atoms with Crippen LogP contribution < -0.4 is 5.32 Å². The number of nitrogens with zero attached hydrogens (tertiary/aromatic N) is 1. The maximum absolute atomic E-state index is 12.5. The van der Waals surface area contributed by atoms with Crippen LogP contribution in [-0.2, 0) is 9.63 Å². The average Bonchev–Trinajstić information content (AvgIpc) is 2.97. The number of Topliss-reactive ketones (excluding diaryl/α,β-unsaturated/α-hetero) is 1. The number of ketones is 1. The highest BCUT2D eigenvalue weighted by Gasteiger charge is 2.58. The average molecular weight is 373 g/mol. The number of oxime groups is 1. The van der Waals surface area contributed by atoms with Gasteiger partial charge >= 0.3 is 0 Å². The van der Waals surface area contributed by atoms with Crippen LogP contribution in [0, 0.1) is 28.6 Å². The Labute approximate surface area is 164 Å². The van der Waals surface area contributed by atoms with Gasteiger partial charge in [0, 0.05) is 11.8 Å². The van der Waals surface area contributed by atoms with E-state index in [1.807, 2.05) is 7.05 Å². The van der Waals surface area contributed by atoms with Crippen LogP contribution in [0.4, 0.5) is 0 Å². The van der Waals surface area contributed by atoms with Crippen molar-refractivity contribution in [1.29, 1.82) is 0 Å². The Bertz CT molecular complexity index is 655. The Kier molecular flexibility index (Phi) is 5.22. The number of fused-ring (bicyclic) bond motifs is 5. The van der Waals surface area contributed by atoms with Crippen molar-refractivity contribution in [3.8, 4) is 0 Å². The normalized spacial score (nSPS) is 42.3. The zero-order valence-electron chi connectivity index (χ0n) is 17.4. The quantitative estimate of drug-likeness (QED) is 0.571. The zero-order chi connectivity index (χ0) is 19.1. The smallest absolute Gasteiger partial charge is 0.139 e.